The Morgan fingerprint density at radius 2 is 2.37 bits per heavy atom. The van der Waals surface area contributed by atoms with Gasteiger partial charge in [0.2, 0.25) is 5.91 Å². The van der Waals surface area contributed by atoms with Crippen molar-refractivity contribution in [1.29, 1.82) is 0 Å². The molecule has 7 heteroatoms. The van der Waals surface area contributed by atoms with Crippen LogP contribution in [-0.2, 0) is 23.1 Å². The number of carbonyl (C=O) groups excluding carboxylic acids is 1. The molecule has 0 spiro atoms. The lowest BCUT2D eigenvalue weighted by Crippen LogP contribution is -2.54. The van der Waals surface area contributed by atoms with Crippen LogP contribution < -0.4 is 16.0 Å². The number of likely N-dealkylation sites (N-methyl/N-ethyl adjacent to an activating group) is 1. The highest BCUT2D eigenvalue weighted by molar-refractivity contribution is 5.85. The van der Waals surface area contributed by atoms with Crippen molar-refractivity contribution < 1.29 is 9.53 Å². The number of anilines is 1. The summed E-state index contributed by atoms with van der Waals surface area (Å²) in [5.74, 6) is 0.860. The number of carbonyl (C=O) groups is 1. The molecular weight excluding hydrogens is 246 g/mol. The maximum Gasteiger partial charge on any atom is 0.244 e. The van der Waals surface area contributed by atoms with Gasteiger partial charge in [0, 0.05) is 32.7 Å². The lowest BCUT2D eigenvalue weighted by molar-refractivity contribution is -0.124. The van der Waals surface area contributed by atoms with Crippen LogP contribution in [0.25, 0.3) is 0 Å². The normalized spacial score (nSPS) is 19.6. The van der Waals surface area contributed by atoms with Gasteiger partial charge >= 0.3 is 0 Å². The summed E-state index contributed by atoms with van der Waals surface area (Å²) in [6, 6.07) is -0.334. The van der Waals surface area contributed by atoms with Crippen LogP contribution in [0.4, 0.5) is 5.82 Å². The number of morpholine rings is 1. The summed E-state index contributed by atoms with van der Waals surface area (Å²) < 4.78 is 7.20. The minimum Gasteiger partial charge on any atom is -0.377 e. The van der Waals surface area contributed by atoms with E-state index >= 15 is 0 Å². The predicted molar refractivity (Wildman–Crippen MR) is 71.9 cm³/mol. The van der Waals surface area contributed by atoms with Gasteiger partial charge in [-0.05, 0) is 6.92 Å². The summed E-state index contributed by atoms with van der Waals surface area (Å²) in [4.78, 5) is 14.0. The second-order valence-electron chi connectivity index (χ2n) is 4.61. The summed E-state index contributed by atoms with van der Waals surface area (Å²) in [6.07, 6.45) is 0. The van der Waals surface area contributed by atoms with Crippen molar-refractivity contribution in [2.75, 3.05) is 31.7 Å². The summed E-state index contributed by atoms with van der Waals surface area (Å²) in [7, 11) is 3.51. The van der Waals surface area contributed by atoms with E-state index in [2.05, 4.69) is 10.4 Å². The molecule has 1 aliphatic heterocycles. The summed E-state index contributed by atoms with van der Waals surface area (Å²) in [5, 5.41) is 7.08. The van der Waals surface area contributed by atoms with E-state index in [4.69, 9.17) is 10.5 Å². The largest absolute Gasteiger partial charge is 0.377 e. The smallest absolute Gasteiger partial charge is 0.244 e. The van der Waals surface area contributed by atoms with E-state index in [1.807, 2.05) is 18.9 Å². The number of amides is 1. The average molecular weight is 267 g/mol. The van der Waals surface area contributed by atoms with Gasteiger partial charge in [0.05, 0.1) is 18.9 Å². The molecule has 1 saturated heterocycles. The molecule has 7 nitrogen and oxygen atoms in total. The van der Waals surface area contributed by atoms with Gasteiger partial charge in [-0.2, -0.15) is 5.10 Å². The Labute approximate surface area is 112 Å². The molecule has 106 valence electrons. The van der Waals surface area contributed by atoms with Crippen molar-refractivity contribution in [3.63, 3.8) is 0 Å². The topological polar surface area (TPSA) is 85.4 Å². The highest BCUT2D eigenvalue weighted by Crippen LogP contribution is 2.26. The molecule has 0 radical (unpaired) electrons. The van der Waals surface area contributed by atoms with Crippen molar-refractivity contribution in [2.24, 2.45) is 12.8 Å². The highest BCUT2D eigenvalue weighted by Gasteiger charge is 2.32. The predicted octanol–water partition coefficient (Wildman–Crippen LogP) is -0.862. The number of hydrogen-bond acceptors (Lipinski definition) is 5. The number of nitrogens with two attached hydrogens (primary N) is 1. The first-order valence-electron chi connectivity index (χ1n) is 6.38. The summed E-state index contributed by atoms with van der Waals surface area (Å²) >= 11 is 0. The number of hydrogen-bond donors (Lipinski definition) is 2. The SMILES string of the molecule is CNC(=O)C1COCCN1c1c(CN)c(C)nn1C. The zero-order chi connectivity index (χ0) is 14.0. The quantitative estimate of drug-likeness (QED) is 0.744. The molecule has 1 unspecified atom stereocenters. The van der Waals surface area contributed by atoms with Gasteiger partial charge in [-0.15, -0.1) is 0 Å². The third-order valence-electron chi connectivity index (χ3n) is 3.47. The highest BCUT2D eigenvalue weighted by atomic mass is 16.5. The lowest BCUT2D eigenvalue weighted by Gasteiger charge is -2.36. The monoisotopic (exact) mass is 267 g/mol. The first-order valence-corrected chi connectivity index (χ1v) is 6.38. The molecular formula is C12H21N5O2. The summed E-state index contributed by atoms with van der Waals surface area (Å²) in [6.45, 7) is 3.98. The van der Waals surface area contributed by atoms with Gasteiger partial charge in [-0.3, -0.25) is 9.48 Å². The fourth-order valence-electron chi connectivity index (χ4n) is 2.53. The van der Waals surface area contributed by atoms with E-state index < -0.39 is 0 Å². The third-order valence-corrected chi connectivity index (χ3v) is 3.47. The molecule has 19 heavy (non-hydrogen) atoms. The molecule has 0 saturated carbocycles. The van der Waals surface area contributed by atoms with E-state index in [-0.39, 0.29) is 11.9 Å². The van der Waals surface area contributed by atoms with Gasteiger partial charge in [0.15, 0.2) is 0 Å². The Balaban J connectivity index is 2.40. The Morgan fingerprint density at radius 3 is 3.00 bits per heavy atom. The zero-order valence-electron chi connectivity index (χ0n) is 11.6. The number of aromatic nitrogens is 2. The molecule has 1 aromatic heterocycles. The Hall–Kier alpha value is -1.60. The van der Waals surface area contributed by atoms with Crippen molar-refractivity contribution in [3.05, 3.63) is 11.3 Å². The van der Waals surface area contributed by atoms with Crippen molar-refractivity contribution in [3.8, 4) is 0 Å². The molecule has 2 heterocycles. The van der Waals surface area contributed by atoms with Crippen LogP contribution in [0.15, 0.2) is 0 Å². The molecule has 0 bridgehead atoms. The van der Waals surface area contributed by atoms with E-state index in [1.54, 1.807) is 11.7 Å². The molecule has 0 aromatic carbocycles. The molecule has 2 rings (SSSR count). The molecule has 0 aliphatic carbocycles. The zero-order valence-corrected chi connectivity index (χ0v) is 11.6. The number of rotatable bonds is 3. The van der Waals surface area contributed by atoms with Crippen molar-refractivity contribution in [2.45, 2.75) is 19.5 Å². The van der Waals surface area contributed by atoms with Crippen LogP contribution in [0.5, 0.6) is 0 Å². The fraction of sp³-hybridized carbons (Fsp3) is 0.667. The first kappa shape index (κ1) is 13.8. The van der Waals surface area contributed by atoms with E-state index in [1.165, 1.54) is 0 Å². The lowest BCUT2D eigenvalue weighted by atomic mass is 10.1. The minimum absolute atomic E-state index is 0.0541. The second kappa shape index (κ2) is 5.58. The van der Waals surface area contributed by atoms with Crippen LogP contribution in [0.1, 0.15) is 11.3 Å². The number of ether oxygens (including phenoxy) is 1. The molecule has 1 aromatic rings. The first-order chi connectivity index (χ1) is 9.10. The molecule has 1 aliphatic rings. The van der Waals surface area contributed by atoms with Gasteiger partial charge < -0.3 is 20.7 Å². The Morgan fingerprint density at radius 1 is 1.63 bits per heavy atom. The molecule has 1 atom stereocenters. The second-order valence-corrected chi connectivity index (χ2v) is 4.61. The number of nitrogens with zero attached hydrogens (tertiary/aromatic N) is 3. The minimum atomic E-state index is -0.334. The van der Waals surface area contributed by atoms with Crippen LogP contribution in [-0.4, -0.2) is 48.5 Å². The van der Waals surface area contributed by atoms with Crippen molar-refractivity contribution in [1.82, 2.24) is 15.1 Å². The van der Waals surface area contributed by atoms with Crippen molar-refractivity contribution >= 4 is 11.7 Å². The van der Waals surface area contributed by atoms with E-state index in [9.17, 15) is 4.79 Å². The van der Waals surface area contributed by atoms with Crippen LogP contribution in [0.3, 0.4) is 0 Å². The maximum absolute atomic E-state index is 12.0. The van der Waals surface area contributed by atoms with Crippen LogP contribution in [0.2, 0.25) is 0 Å². The molecule has 3 N–H and O–H groups in total. The van der Waals surface area contributed by atoms with Gasteiger partial charge in [-0.1, -0.05) is 0 Å². The Bertz CT molecular complexity index is 471. The summed E-state index contributed by atoms with van der Waals surface area (Å²) in [5.41, 5.74) is 7.70. The van der Waals surface area contributed by atoms with Crippen LogP contribution in [0, 0.1) is 6.92 Å². The van der Waals surface area contributed by atoms with Gasteiger partial charge in [0.25, 0.3) is 0 Å². The van der Waals surface area contributed by atoms with Crippen LogP contribution >= 0.6 is 0 Å². The fourth-order valence-corrected chi connectivity index (χ4v) is 2.53. The number of nitrogens with one attached hydrogen (secondary N) is 1. The van der Waals surface area contributed by atoms with Gasteiger partial charge in [0.1, 0.15) is 11.9 Å². The maximum atomic E-state index is 12.0. The molecule has 1 fully saturated rings. The van der Waals surface area contributed by atoms with E-state index in [0.29, 0.717) is 26.3 Å². The number of aryl methyl sites for hydroxylation is 2. The average Bonchev–Trinajstić information content (AvgIpc) is 2.71. The molecule has 1 amide bonds. The van der Waals surface area contributed by atoms with E-state index in [0.717, 1.165) is 17.1 Å². The standard InChI is InChI=1S/C12H21N5O2/c1-8-9(6-13)12(16(3)15-8)17-4-5-19-7-10(17)11(18)14-2/h10H,4-7,13H2,1-3H3,(H,14,18). The Kier molecular flexibility index (Phi) is 4.06. The van der Waals surface area contributed by atoms with Gasteiger partial charge in [-0.25, -0.2) is 0 Å². The third kappa shape index (κ3) is 2.43.